The molecule has 0 amide bonds. The van der Waals surface area contributed by atoms with Crippen LogP contribution in [0.3, 0.4) is 0 Å². The highest BCUT2D eigenvalue weighted by Crippen LogP contribution is 2.37. The van der Waals surface area contributed by atoms with Crippen LogP contribution in [0.5, 0.6) is 0 Å². The Balaban J connectivity index is -0.0000000759. The average Bonchev–Trinajstić information content (AvgIpc) is 2.95. The molecule has 0 aromatic heterocycles. The highest BCUT2D eigenvalue weighted by atomic mass is 32.2. The van der Waals surface area contributed by atoms with Crippen molar-refractivity contribution in [2.75, 3.05) is 7.05 Å². The van der Waals surface area contributed by atoms with Crippen molar-refractivity contribution in [2.24, 2.45) is 4.99 Å². The van der Waals surface area contributed by atoms with Gasteiger partial charge in [0.05, 0.1) is 5.71 Å². The number of nitrogens with zero attached hydrogens (tertiary/aromatic N) is 1. The van der Waals surface area contributed by atoms with Crippen LogP contribution in [-0.4, -0.2) is 12.8 Å². The predicted octanol–water partition coefficient (Wildman–Crippen LogP) is 8.69. The first-order valence-corrected chi connectivity index (χ1v) is 10.00. The number of rotatable bonds is 0. The van der Waals surface area contributed by atoms with E-state index in [1.165, 1.54) is 15.4 Å². The van der Waals surface area contributed by atoms with Gasteiger partial charge in [-0.15, -0.1) is 0 Å². The molecule has 1 rings (SSSR count). The minimum absolute atomic E-state index is 1.16. The Morgan fingerprint density at radius 2 is 1.09 bits per heavy atom. The van der Waals surface area contributed by atoms with E-state index in [9.17, 15) is 0 Å². The predicted molar refractivity (Wildman–Crippen MR) is 119 cm³/mol. The van der Waals surface area contributed by atoms with Crippen LogP contribution in [-0.2, 0) is 0 Å². The zero-order valence-corrected chi connectivity index (χ0v) is 19.4. The Hall–Kier alpha value is -0.760. The fraction of sp³-hybridized carbons (Fsp3) is 0.667. The van der Waals surface area contributed by atoms with Crippen molar-refractivity contribution < 1.29 is 0 Å². The van der Waals surface area contributed by atoms with Gasteiger partial charge < -0.3 is 0 Å². The molecule has 2 heteroatoms. The lowest BCUT2D eigenvalue weighted by atomic mass is 10.1. The summed E-state index contributed by atoms with van der Waals surface area (Å²) in [6.07, 6.45) is 6.12. The van der Waals surface area contributed by atoms with Crippen molar-refractivity contribution in [2.45, 2.75) is 90.0 Å². The van der Waals surface area contributed by atoms with E-state index in [0.717, 1.165) is 5.71 Å². The Bertz CT molecular complexity index is 317. The summed E-state index contributed by atoms with van der Waals surface area (Å²) in [6, 6.07) is 0. The van der Waals surface area contributed by atoms with Gasteiger partial charge in [-0.25, -0.2) is 0 Å². The van der Waals surface area contributed by atoms with E-state index in [4.69, 9.17) is 0 Å². The molecule has 0 radical (unpaired) electrons. The molecule has 0 spiro atoms. The van der Waals surface area contributed by atoms with Crippen LogP contribution in [0, 0.1) is 0 Å². The molecule has 1 nitrogen and oxygen atoms in total. The highest BCUT2D eigenvalue weighted by molar-refractivity contribution is 8.08. The molecule has 0 N–H and O–H groups in total. The standard InChI is InChI=1S/C9H13NS.C4H8.4C2H6/c1-5-8-9(10-4)6(2)7(3)11-8;1-3-4-2;4*1-2/h5H,1-4H3;3-4H,1-2H3;4*1-2H3/b8-5+,10-9?;4-3-;;;;. The van der Waals surface area contributed by atoms with Gasteiger partial charge in [0.15, 0.2) is 0 Å². The molecule has 1 heterocycles. The van der Waals surface area contributed by atoms with Gasteiger partial charge in [0.25, 0.3) is 0 Å². The van der Waals surface area contributed by atoms with Crippen molar-refractivity contribution >= 4 is 17.5 Å². The van der Waals surface area contributed by atoms with Gasteiger partial charge in [0.2, 0.25) is 0 Å². The van der Waals surface area contributed by atoms with E-state index < -0.39 is 0 Å². The first-order valence-electron chi connectivity index (χ1n) is 9.18. The lowest BCUT2D eigenvalue weighted by Gasteiger charge is -1.96. The lowest BCUT2D eigenvalue weighted by molar-refractivity contribution is 1.40. The molecule has 0 saturated heterocycles. The average molecular weight is 344 g/mol. The summed E-state index contributed by atoms with van der Waals surface area (Å²) >= 11 is 1.82. The summed E-state index contributed by atoms with van der Waals surface area (Å²) in [5.41, 5.74) is 2.49. The van der Waals surface area contributed by atoms with Crippen molar-refractivity contribution in [3.63, 3.8) is 0 Å². The summed E-state index contributed by atoms with van der Waals surface area (Å²) in [7, 11) is 1.85. The number of hydrogen-bond acceptors (Lipinski definition) is 2. The largest absolute Gasteiger partial charge is 0.287 e. The van der Waals surface area contributed by atoms with Crippen LogP contribution in [0.1, 0.15) is 90.0 Å². The fourth-order valence-electron chi connectivity index (χ4n) is 1.11. The van der Waals surface area contributed by atoms with Crippen LogP contribution >= 0.6 is 11.8 Å². The third-order valence-corrected chi connectivity index (χ3v) is 3.46. The van der Waals surface area contributed by atoms with Gasteiger partial charge >= 0.3 is 0 Å². The first-order chi connectivity index (χ1) is 11.1. The molecular weight excluding hydrogens is 298 g/mol. The topological polar surface area (TPSA) is 12.4 Å². The molecule has 1 aliphatic rings. The Kier molecular flexibility index (Phi) is 48.4. The van der Waals surface area contributed by atoms with E-state index in [0.29, 0.717) is 0 Å². The summed E-state index contributed by atoms with van der Waals surface area (Å²) < 4.78 is 0. The summed E-state index contributed by atoms with van der Waals surface area (Å²) in [4.78, 5) is 6.91. The Morgan fingerprint density at radius 3 is 1.26 bits per heavy atom. The van der Waals surface area contributed by atoms with Crippen molar-refractivity contribution in [1.82, 2.24) is 0 Å². The van der Waals surface area contributed by atoms with Gasteiger partial charge in [-0.2, -0.15) is 0 Å². The van der Waals surface area contributed by atoms with Crippen molar-refractivity contribution in [3.05, 3.63) is 33.6 Å². The molecule has 0 saturated carbocycles. The van der Waals surface area contributed by atoms with E-state index in [1.807, 2.05) is 100 Å². The summed E-state index contributed by atoms with van der Waals surface area (Å²) in [6.45, 7) is 26.3. The minimum Gasteiger partial charge on any atom is -0.287 e. The second-order valence-corrected chi connectivity index (χ2v) is 4.43. The van der Waals surface area contributed by atoms with Gasteiger partial charge in [-0.05, 0) is 45.1 Å². The molecule has 0 atom stereocenters. The second-order valence-electron chi connectivity index (χ2n) is 3.18. The van der Waals surface area contributed by atoms with Crippen molar-refractivity contribution in [3.8, 4) is 0 Å². The normalized spacial score (nSPS) is 15.0. The molecule has 0 unspecified atom stereocenters. The van der Waals surface area contributed by atoms with Gasteiger partial charge in [-0.1, -0.05) is 85.4 Å². The van der Waals surface area contributed by atoms with Crippen LogP contribution < -0.4 is 0 Å². The number of aliphatic imine (C=N–C) groups is 1. The van der Waals surface area contributed by atoms with Gasteiger partial charge in [0, 0.05) is 12.0 Å². The molecule has 1 aliphatic heterocycles. The molecule has 0 aromatic rings. The molecule has 0 fully saturated rings. The maximum atomic E-state index is 4.24. The maximum Gasteiger partial charge on any atom is 0.0743 e. The smallest absolute Gasteiger partial charge is 0.0743 e. The SMILES string of the molecule is C/C=C1/SC(C)=C(C)C1=NC.C/C=C\C.CC.CC.CC.CC. The van der Waals surface area contributed by atoms with E-state index in [-0.39, 0.29) is 0 Å². The third-order valence-electron chi connectivity index (χ3n) is 2.20. The van der Waals surface area contributed by atoms with Gasteiger partial charge in [0.1, 0.15) is 0 Å². The monoisotopic (exact) mass is 343 g/mol. The lowest BCUT2D eigenvalue weighted by Crippen LogP contribution is -1.95. The van der Waals surface area contributed by atoms with E-state index in [1.54, 1.807) is 0 Å². The zero-order chi connectivity index (χ0) is 19.8. The molecular formula is C21H45NS. The Morgan fingerprint density at radius 1 is 0.739 bits per heavy atom. The fourth-order valence-corrected chi connectivity index (χ4v) is 2.15. The van der Waals surface area contributed by atoms with Crippen LogP contribution in [0.2, 0.25) is 0 Å². The van der Waals surface area contributed by atoms with Gasteiger partial charge in [-0.3, -0.25) is 4.99 Å². The summed E-state index contributed by atoms with van der Waals surface area (Å²) in [5.74, 6) is 0. The second kappa shape index (κ2) is 33.0. The summed E-state index contributed by atoms with van der Waals surface area (Å²) in [5, 5.41) is 0. The maximum absolute atomic E-state index is 4.24. The molecule has 0 aliphatic carbocycles. The number of hydrogen-bond donors (Lipinski definition) is 0. The number of allylic oxidation sites excluding steroid dienone is 6. The highest BCUT2D eigenvalue weighted by Gasteiger charge is 2.19. The van der Waals surface area contributed by atoms with Crippen LogP contribution in [0.15, 0.2) is 38.6 Å². The van der Waals surface area contributed by atoms with E-state index in [2.05, 4.69) is 31.8 Å². The Labute approximate surface area is 153 Å². The minimum atomic E-state index is 1.16. The van der Waals surface area contributed by atoms with E-state index >= 15 is 0 Å². The molecule has 140 valence electrons. The quantitative estimate of drug-likeness (QED) is 0.401. The first kappa shape index (κ1) is 33.8. The third kappa shape index (κ3) is 19.2. The molecule has 23 heavy (non-hydrogen) atoms. The molecule has 0 aromatic carbocycles. The van der Waals surface area contributed by atoms with Crippen LogP contribution in [0.4, 0.5) is 0 Å². The molecule has 0 bridgehead atoms. The number of thioether (sulfide) groups is 1. The zero-order valence-electron chi connectivity index (χ0n) is 18.6. The van der Waals surface area contributed by atoms with Crippen molar-refractivity contribution in [1.29, 1.82) is 0 Å². The van der Waals surface area contributed by atoms with Crippen LogP contribution in [0.25, 0.3) is 0 Å².